The summed E-state index contributed by atoms with van der Waals surface area (Å²) in [5.74, 6) is 0. The van der Waals surface area contributed by atoms with E-state index in [1.54, 1.807) is 18.2 Å². The van der Waals surface area contributed by atoms with E-state index in [9.17, 15) is 0 Å². The van der Waals surface area contributed by atoms with Crippen LogP contribution in [0.1, 0.15) is 32.1 Å². The van der Waals surface area contributed by atoms with Crippen LogP contribution in [0, 0.1) is 0 Å². The molecule has 15 heavy (non-hydrogen) atoms. The number of halogens is 1. The molecule has 1 aliphatic rings. The van der Waals surface area contributed by atoms with E-state index in [4.69, 9.17) is 23.1 Å². The van der Waals surface area contributed by atoms with Crippen molar-refractivity contribution >= 4 is 17.3 Å². The number of rotatable bonds is 0. The fourth-order valence-corrected chi connectivity index (χ4v) is 1.84. The van der Waals surface area contributed by atoms with Crippen LogP contribution in [0.4, 0.5) is 5.69 Å². The van der Waals surface area contributed by atoms with Gasteiger partial charge in [-0.25, -0.2) is 0 Å². The molecule has 0 radical (unpaired) electrons. The molecule has 1 aromatic carbocycles. The second kappa shape index (κ2) is 6.70. The van der Waals surface area contributed by atoms with Crippen molar-refractivity contribution in [2.45, 2.75) is 38.1 Å². The Morgan fingerprint density at radius 2 is 1.80 bits per heavy atom. The maximum Gasteiger partial charge on any atom is 0.0426 e. The first-order valence-corrected chi connectivity index (χ1v) is 5.83. The topological polar surface area (TPSA) is 52.0 Å². The van der Waals surface area contributed by atoms with Crippen molar-refractivity contribution in [1.29, 1.82) is 0 Å². The smallest absolute Gasteiger partial charge is 0.0426 e. The number of nitrogens with two attached hydrogens (primary N) is 2. The molecule has 0 amide bonds. The van der Waals surface area contributed by atoms with Gasteiger partial charge in [-0.3, -0.25) is 0 Å². The Hall–Kier alpha value is -0.730. The van der Waals surface area contributed by atoms with Gasteiger partial charge in [0.25, 0.3) is 0 Å². The van der Waals surface area contributed by atoms with Gasteiger partial charge in [-0.15, -0.1) is 0 Å². The lowest BCUT2D eigenvalue weighted by molar-refractivity contribution is 0.441. The van der Waals surface area contributed by atoms with E-state index < -0.39 is 0 Å². The van der Waals surface area contributed by atoms with Crippen LogP contribution in [-0.2, 0) is 0 Å². The monoisotopic (exact) mass is 226 g/mol. The highest BCUT2D eigenvalue weighted by Crippen LogP contribution is 2.14. The molecule has 0 aromatic heterocycles. The molecule has 0 saturated heterocycles. The van der Waals surface area contributed by atoms with Crippen LogP contribution < -0.4 is 11.5 Å². The Labute approximate surface area is 96.6 Å². The van der Waals surface area contributed by atoms with Gasteiger partial charge in [-0.1, -0.05) is 36.9 Å². The Kier molecular flexibility index (Phi) is 5.51. The predicted octanol–water partition coefficient (Wildman–Crippen LogP) is 3.20. The average Bonchev–Trinajstić information content (AvgIpc) is 2.19. The Morgan fingerprint density at radius 3 is 2.13 bits per heavy atom. The van der Waals surface area contributed by atoms with Crippen LogP contribution in [0.15, 0.2) is 24.3 Å². The highest BCUT2D eigenvalue weighted by Gasteiger charge is 2.06. The van der Waals surface area contributed by atoms with Gasteiger partial charge in [0.05, 0.1) is 0 Å². The third-order valence-electron chi connectivity index (χ3n) is 2.50. The first-order chi connectivity index (χ1) is 7.18. The van der Waals surface area contributed by atoms with Crippen LogP contribution in [-0.4, -0.2) is 6.04 Å². The molecular formula is C12H19ClN2. The minimum Gasteiger partial charge on any atom is -0.399 e. The fourth-order valence-electron chi connectivity index (χ4n) is 1.64. The van der Waals surface area contributed by atoms with Crippen molar-refractivity contribution in [1.82, 2.24) is 0 Å². The second-order valence-electron chi connectivity index (χ2n) is 3.95. The largest absolute Gasteiger partial charge is 0.399 e. The quantitative estimate of drug-likeness (QED) is 0.668. The van der Waals surface area contributed by atoms with Gasteiger partial charge in [0.1, 0.15) is 0 Å². The molecule has 1 saturated carbocycles. The highest BCUT2D eigenvalue weighted by molar-refractivity contribution is 6.30. The first kappa shape index (κ1) is 12.3. The molecule has 2 rings (SSSR count). The van der Waals surface area contributed by atoms with Crippen LogP contribution in [0.25, 0.3) is 0 Å². The summed E-state index contributed by atoms with van der Waals surface area (Å²) in [7, 11) is 0. The number of nitrogen functional groups attached to an aromatic ring is 1. The maximum atomic E-state index is 5.63. The maximum absolute atomic E-state index is 5.63. The lowest BCUT2D eigenvalue weighted by atomic mass is 9.97. The molecule has 3 heteroatoms. The summed E-state index contributed by atoms with van der Waals surface area (Å²) in [6.07, 6.45) is 6.66. The van der Waals surface area contributed by atoms with Crippen molar-refractivity contribution in [3.05, 3.63) is 29.3 Å². The number of anilines is 1. The molecule has 0 heterocycles. The fraction of sp³-hybridized carbons (Fsp3) is 0.500. The van der Waals surface area contributed by atoms with Crippen LogP contribution in [0.5, 0.6) is 0 Å². The normalized spacial score (nSPS) is 16.7. The van der Waals surface area contributed by atoms with Crippen molar-refractivity contribution in [3.8, 4) is 0 Å². The minimum absolute atomic E-state index is 0.536. The molecule has 1 fully saturated rings. The summed E-state index contributed by atoms with van der Waals surface area (Å²) in [6.45, 7) is 0. The third kappa shape index (κ3) is 5.65. The van der Waals surface area contributed by atoms with Crippen molar-refractivity contribution in [2.75, 3.05) is 5.73 Å². The molecule has 4 N–H and O–H groups in total. The van der Waals surface area contributed by atoms with Gasteiger partial charge in [0, 0.05) is 16.8 Å². The van der Waals surface area contributed by atoms with E-state index in [2.05, 4.69) is 0 Å². The van der Waals surface area contributed by atoms with Crippen molar-refractivity contribution in [2.24, 2.45) is 5.73 Å². The summed E-state index contributed by atoms with van der Waals surface area (Å²) in [5.41, 5.74) is 11.7. The van der Waals surface area contributed by atoms with Gasteiger partial charge >= 0.3 is 0 Å². The lowest BCUT2D eigenvalue weighted by Crippen LogP contribution is -2.22. The van der Waals surface area contributed by atoms with E-state index in [0.29, 0.717) is 16.8 Å². The van der Waals surface area contributed by atoms with E-state index in [1.807, 2.05) is 6.07 Å². The molecule has 1 aliphatic carbocycles. The SMILES string of the molecule is NC1CCCCC1.Nc1cccc(Cl)c1. The number of hydrogen-bond acceptors (Lipinski definition) is 2. The molecular weight excluding hydrogens is 208 g/mol. The Morgan fingerprint density at radius 1 is 1.13 bits per heavy atom. The molecule has 84 valence electrons. The molecule has 2 nitrogen and oxygen atoms in total. The van der Waals surface area contributed by atoms with Crippen LogP contribution >= 0.6 is 11.6 Å². The summed E-state index contributed by atoms with van der Waals surface area (Å²) < 4.78 is 0. The molecule has 0 aliphatic heterocycles. The lowest BCUT2D eigenvalue weighted by Gasteiger charge is -2.15. The first-order valence-electron chi connectivity index (χ1n) is 5.45. The number of benzene rings is 1. The van der Waals surface area contributed by atoms with E-state index in [1.165, 1.54) is 32.1 Å². The number of hydrogen-bond donors (Lipinski definition) is 2. The zero-order chi connectivity index (χ0) is 11.1. The van der Waals surface area contributed by atoms with Crippen molar-refractivity contribution < 1.29 is 0 Å². The van der Waals surface area contributed by atoms with Gasteiger partial charge in [-0.05, 0) is 31.0 Å². The van der Waals surface area contributed by atoms with Crippen LogP contribution in [0.2, 0.25) is 5.02 Å². The molecule has 0 unspecified atom stereocenters. The second-order valence-corrected chi connectivity index (χ2v) is 4.39. The summed E-state index contributed by atoms with van der Waals surface area (Å²) in [5, 5.41) is 0.685. The highest BCUT2D eigenvalue weighted by atomic mass is 35.5. The third-order valence-corrected chi connectivity index (χ3v) is 2.73. The van der Waals surface area contributed by atoms with Gasteiger partial charge in [-0.2, -0.15) is 0 Å². The average molecular weight is 227 g/mol. The standard InChI is InChI=1S/C6H6ClN.C6H13N/c7-5-2-1-3-6(8)4-5;7-6-4-2-1-3-5-6/h1-4H,8H2;6H,1-5,7H2. The minimum atomic E-state index is 0.536. The van der Waals surface area contributed by atoms with E-state index in [0.717, 1.165) is 0 Å². The zero-order valence-electron chi connectivity index (χ0n) is 8.95. The molecule has 0 bridgehead atoms. The van der Waals surface area contributed by atoms with Gasteiger partial charge < -0.3 is 11.5 Å². The summed E-state index contributed by atoms with van der Waals surface area (Å²) in [4.78, 5) is 0. The Balaban J connectivity index is 0.000000151. The zero-order valence-corrected chi connectivity index (χ0v) is 9.71. The summed E-state index contributed by atoms with van der Waals surface area (Å²) in [6, 6.07) is 7.65. The van der Waals surface area contributed by atoms with Gasteiger partial charge in [0.15, 0.2) is 0 Å². The molecule has 1 aromatic rings. The van der Waals surface area contributed by atoms with E-state index >= 15 is 0 Å². The molecule has 0 spiro atoms. The van der Waals surface area contributed by atoms with Gasteiger partial charge in [0.2, 0.25) is 0 Å². The van der Waals surface area contributed by atoms with Crippen molar-refractivity contribution in [3.63, 3.8) is 0 Å². The Bertz CT molecular complexity index is 265. The van der Waals surface area contributed by atoms with Crippen LogP contribution in [0.3, 0.4) is 0 Å². The predicted molar refractivity (Wildman–Crippen MR) is 66.9 cm³/mol. The van der Waals surface area contributed by atoms with E-state index in [-0.39, 0.29) is 0 Å². The molecule has 0 atom stereocenters. The summed E-state index contributed by atoms with van der Waals surface area (Å²) >= 11 is 5.56.